The fraction of sp³-hybridized carbons (Fsp3) is 0.250. The average Bonchev–Trinajstić information content (AvgIpc) is 2.99. The molecule has 9 heteroatoms. The standard InChI is InChI=1S/C12H14N6O2S/c1-9(12-15-8-16-17-12)18-21(19,20)11-5-10(3-2-4-13)6-14-7-11/h5-9,18H,4,13H2,1H3,(H,15,16,17). The first kappa shape index (κ1) is 15.1. The van der Waals surface area contributed by atoms with Gasteiger partial charge in [-0.25, -0.2) is 18.1 Å². The maximum atomic E-state index is 12.3. The summed E-state index contributed by atoms with van der Waals surface area (Å²) >= 11 is 0. The lowest BCUT2D eigenvalue weighted by molar-refractivity contribution is 0.560. The van der Waals surface area contributed by atoms with Crippen molar-refractivity contribution < 1.29 is 8.42 Å². The summed E-state index contributed by atoms with van der Waals surface area (Å²) in [6.45, 7) is 1.85. The van der Waals surface area contributed by atoms with E-state index in [2.05, 4.69) is 36.7 Å². The van der Waals surface area contributed by atoms with Crippen LogP contribution in [0.25, 0.3) is 0 Å². The number of sulfonamides is 1. The predicted molar refractivity (Wildman–Crippen MR) is 75.3 cm³/mol. The van der Waals surface area contributed by atoms with Crippen molar-refractivity contribution >= 4 is 10.0 Å². The Balaban J connectivity index is 2.23. The molecule has 0 bridgehead atoms. The number of hydrogen-bond donors (Lipinski definition) is 3. The van der Waals surface area contributed by atoms with E-state index in [0.717, 1.165) is 0 Å². The summed E-state index contributed by atoms with van der Waals surface area (Å²) in [4.78, 5) is 7.81. The van der Waals surface area contributed by atoms with Gasteiger partial charge in [0.15, 0.2) is 0 Å². The molecule has 110 valence electrons. The topological polar surface area (TPSA) is 127 Å². The lowest BCUT2D eigenvalue weighted by atomic mass is 10.3. The molecule has 1 atom stereocenters. The molecule has 0 saturated carbocycles. The minimum absolute atomic E-state index is 0.0256. The first-order valence-corrected chi connectivity index (χ1v) is 7.53. The summed E-state index contributed by atoms with van der Waals surface area (Å²) in [5.74, 6) is 5.81. The monoisotopic (exact) mass is 306 g/mol. The second-order valence-corrected chi connectivity index (χ2v) is 5.84. The van der Waals surface area contributed by atoms with E-state index in [4.69, 9.17) is 5.73 Å². The van der Waals surface area contributed by atoms with Gasteiger partial charge in [0.1, 0.15) is 17.0 Å². The Bertz CT molecular complexity index is 761. The van der Waals surface area contributed by atoms with Gasteiger partial charge in [-0.2, -0.15) is 5.10 Å². The maximum absolute atomic E-state index is 12.3. The third-order valence-electron chi connectivity index (χ3n) is 2.53. The Morgan fingerprint density at radius 3 is 2.95 bits per heavy atom. The molecule has 4 N–H and O–H groups in total. The predicted octanol–water partition coefficient (Wildman–Crippen LogP) is -0.451. The van der Waals surface area contributed by atoms with Gasteiger partial charge in [-0.3, -0.25) is 10.1 Å². The molecule has 0 aliphatic heterocycles. The molecule has 1 unspecified atom stereocenters. The summed E-state index contributed by atoms with van der Waals surface area (Å²) in [6.07, 6.45) is 4.04. The molecule has 2 rings (SSSR count). The van der Waals surface area contributed by atoms with Crippen molar-refractivity contribution in [2.45, 2.75) is 17.9 Å². The molecule has 0 fully saturated rings. The number of aromatic nitrogens is 4. The molecule has 0 radical (unpaired) electrons. The molecule has 2 heterocycles. The van der Waals surface area contributed by atoms with Gasteiger partial charge in [-0.1, -0.05) is 11.8 Å². The van der Waals surface area contributed by atoms with E-state index in [1.165, 1.54) is 24.8 Å². The summed E-state index contributed by atoms with van der Waals surface area (Å²) in [5.41, 5.74) is 5.76. The summed E-state index contributed by atoms with van der Waals surface area (Å²) in [5, 5.41) is 6.29. The second-order valence-electron chi connectivity index (χ2n) is 4.13. The number of nitrogens with two attached hydrogens (primary N) is 1. The van der Waals surface area contributed by atoms with Crippen LogP contribution in [0.2, 0.25) is 0 Å². The fourth-order valence-corrected chi connectivity index (χ4v) is 2.76. The number of hydrogen-bond acceptors (Lipinski definition) is 6. The van der Waals surface area contributed by atoms with Gasteiger partial charge in [0, 0.05) is 18.0 Å². The number of H-pyrrole nitrogens is 1. The third kappa shape index (κ3) is 3.85. The molecule has 0 aliphatic rings. The third-order valence-corrected chi connectivity index (χ3v) is 4.04. The Hall–Kier alpha value is -2.28. The number of aromatic amines is 1. The largest absolute Gasteiger partial charge is 0.320 e. The van der Waals surface area contributed by atoms with Gasteiger partial charge in [0.25, 0.3) is 0 Å². The zero-order chi connectivity index (χ0) is 15.3. The highest BCUT2D eigenvalue weighted by Gasteiger charge is 2.20. The average molecular weight is 306 g/mol. The highest BCUT2D eigenvalue weighted by Crippen LogP contribution is 2.13. The van der Waals surface area contributed by atoms with Crippen molar-refractivity contribution in [1.29, 1.82) is 0 Å². The first-order chi connectivity index (χ1) is 10.0. The summed E-state index contributed by atoms with van der Waals surface area (Å²) < 4.78 is 27.0. The van der Waals surface area contributed by atoms with Crippen LogP contribution in [0.5, 0.6) is 0 Å². The molecule has 0 spiro atoms. The Kier molecular flexibility index (Phi) is 4.64. The smallest absolute Gasteiger partial charge is 0.242 e. The van der Waals surface area contributed by atoms with Gasteiger partial charge in [-0.05, 0) is 13.0 Å². The molecule has 0 aromatic carbocycles. The molecule has 8 nitrogen and oxygen atoms in total. The van der Waals surface area contributed by atoms with E-state index in [0.29, 0.717) is 11.4 Å². The van der Waals surface area contributed by atoms with E-state index >= 15 is 0 Å². The van der Waals surface area contributed by atoms with E-state index in [1.54, 1.807) is 6.92 Å². The quantitative estimate of drug-likeness (QED) is 0.657. The van der Waals surface area contributed by atoms with Crippen LogP contribution in [0.4, 0.5) is 0 Å². The minimum Gasteiger partial charge on any atom is -0.320 e. The van der Waals surface area contributed by atoms with E-state index < -0.39 is 16.1 Å². The van der Waals surface area contributed by atoms with Crippen LogP contribution >= 0.6 is 0 Å². The molecule has 0 aliphatic carbocycles. The molecular formula is C12H14N6O2S. The van der Waals surface area contributed by atoms with Crippen molar-refractivity contribution in [2.75, 3.05) is 6.54 Å². The highest BCUT2D eigenvalue weighted by atomic mass is 32.2. The first-order valence-electron chi connectivity index (χ1n) is 6.04. The lowest BCUT2D eigenvalue weighted by Crippen LogP contribution is -2.27. The van der Waals surface area contributed by atoms with Crippen LogP contribution in [0.1, 0.15) is 24.4 Å². The van der Waals surface area contributed by atoms with Crippen molar-refractivity contribution in [3.63, 3.8) is 0 Å². The lowest BCUT2D eigenvalue weighted by Gasteiger charge is -2.11. The second kappa shape index (κ2) is 6.45. The van der Waals surface area contributed by atoms with Crippen molar-refractivity contribution in [1.82, 2.24) is 24.9 Å². The van der Waals surface area contributed by atoms with E-state index in [9.17, 15) is 8.42 Å². The molecule has 2 aromatic heterocycles. The van der Waals surface area contributed by atoms with Crippen molar-refractivity contribution in [3.05, 3.63) is 36.2 Å². The van der Waals surface area contributed by atoms with Crippen LogP contribution in [-0.4, -0.2) is 35.1 Å². The Morgan fingerprint density at radius 1 is 1.48 bits per heavy atom. The number of rotatable bonds is 4. The van der Waals surface area contributed by atoms with Gasteiger partial charge < -0.3 is 5.73 Å². The zero-order valence-electron chi connectivity index (χ0n) is 11.2. The van der Waals surface area contributed by atoms with Crippen LogP contribution in [-0.2, 0) is 10.0 Å². The van der Waals surface area contributed by atoms with Crippen LogP contribution in [0.3, 0.4) is 0 Å². The molecule has 21 heavy (non-hydrogen) atoms. The van der Waals surface area contributed by atoms with Crippen LogP contribution < -0.4 is 10.5 Å². The molecular weight excluding hydrogens is 292 g/mol. The van der Waals surface area contributed by atoms with Gasteiger partial charge in [0.2, 0.25) is 10.0 Å². The Morgan fingerprint density at radius 2 is 2.29 bits per heavy atom. The number of pyridine rings is 1. The normalized spacial score (nSPS) is 12.5. The molecule has 0 saturated heterocycles. The van der Waals surface area contributed by atoms with Gasteiger partial charge in [-0.15, -0.1) is 0 Å². The van der Waals surface area contributed by atoms with Crippen molar-refractivity contribution in [2.24, 2.45) is 5.73 Å². The van der Waals surface area contributed by atoms with Gasteiger partial charge >= 0.3 is 0 Å². The fourth-order valence-electron chi connectivity index (χ4n) is 1.57. The van der Waals surface area contributed by atoms with E-state index in [-0.39, 0.29) is 11.4 Å². The van der Waals surface area contributed by atoms with Crippen LogP contribution in [0.15, 0.2) is 29.7 Å². The molecule has 2 aromatic rings. The SMILES string of the molecule is CC(NS(=O)(=O)c1cncc(C#CCN)c1)c1ncn[nH]1. The minimum atomic E-state index is -3.73. The summed E-state index contributed by atoms with van der Waals surface area (Å²) in [6, 6.07) is 0.891. The number of nitrogens with zero attached hydrogens (tertiary/aromatic N) is 3. The highest BCUT2D eigenvalue weighted by molar-refractivity contribution is 7.89. The Labute approximate surface area is 122 Å². The van der Waals surface area contributed by atoms with Crippen LogP contribution in [0, 0.1) is 11.8 Å². The zero-order valence-corrected chi connectivity index (χ0v) is 12.1. The van der Waals surface area contributed by atoms with Crippen molar-refractivity contribution in [3.8, 4) is 11.8 Å². The maximum Gasteiger partial charge on any atom is 0.242 e. The van der Waals surface area contributed by atoms with E-state index in [1.807, 2.05) is 0 Å². The summed E-state index contributed by atoms with van der Waals surface area (Å²) in [7, 11) is -3.73. The van der Waals surface area contributed by atoms with Gasteiger partial charge in [0.05, 0.1) is 12.6 Å². The molecule has 0 amide bonds. The number of nitrogens with one attached hydrogen (secondary N) is 2.